The molecule has 86 valence electrons. The van der Waals surface area contributed by atoms with Crippen molar-refractivity contribution in [3.63, 3.8) is 0 Å². The topological polar surface area (TPSA) is 76.8 Å². The van der Waals surface area contributed by atoms with E-state index in [1.807, 2.05) is 13.8 Å². The van der Waals surface area contributed by atoms with Gasteiger partial charge in [-0.3, -0.25) is 0 Å². The molecule has 0 aliphatic carbocycles. The highest BCUT2D eigenvalue weighted by Gasteiger charge is 2.11. The lowest BCUT2D eigenvalue weighted by atomic mass is 10.2. The van der Waals surface area contributed by atoms with Crippen LogP contribution in [0.25, 0.3) is 11.0 Å². The molecular formula is C11H16N4O. The summed E-state index contributed by atoms with van der Waals surface area (Å²) in [6.45, 7) is 4.59. The normalized spacial score (nSPS) is 11.2. The number of aryl methyl sites for hydroxylation is 2. The van der Waals surface area contributed by atoms with Crippen LogP contribution in [0.5, 0.6) is 0 Å². The van der Waals surface area contributed by atoms with Crippen molar-refractivity contribution in [1.29, 1.82) is 0 Å². The molecule has 0 radical (unpaired) electrons. The van der Waals surface area contributed by atoms with Crippen LogP contribution in [0.1, 0.15) is 17.1 Å². The van der Waals surface area contributed by atoms with E-state index in [1.165, 1.54) is 0 Å². The molecule has 2 rings (SSSR count). The summed E-state index contributed by atoms with van der Waals surface area (Å²) in [6.07, 6.45) is 0.753. The third-order valence-electron chi connectivity index (χ3n) is 2.74. The molecule has 0 aliphatic rings. The molecule has 3 N–H and O–H groups in total. The number of hydrogen-bond donors (Lipinski definition) is 2. The van der Waals surface area contributed by atoms with E-state index in [9.17, 15) is 0 Å². The van der Waals surface area contributed by atoms with E-state index in [0.717, 1.165) is 34.5 Å². The first-order valence-corrected chi connectivity index (χ1v) is 5.23. The molecule has 5 nitrogen and oxygen atoms in total. The van der Waals surface area contributed by atoms with Crippen LogP contribution in [0.2, 0.25) is 0 Å². The van der Waals surface area contributed by atoms with Crippen LogP contribution in [0, 0.1) is 13.8 Å². The zero-order valence-corrected chi connectivity index (χ0v) is 9.79. The zero-order valence-electron chi connectivity index (χ0n) is 9.79. The molecule has 0 bridgehead atoms. The first-order valence-electron chi connectivity index (χ1n) is 5.23. The Kier molecular flexibility index (Phi) is 2.78. The Morgan fingerprint density at radius 3 is 2.75 bits per heavy atom. The van der Waals surface area contributed by atoms with Crippen LogP contribution >= 0.6 is 0 Å². The summed E-state index contributed by atoms with van der Waals surface area (Å²) in [4.78, 5) is 12.0. The summed E-state index contributed by atoms with van der Waals surface area (Å²) in [6, 6.07) is 0. The molecule has 0 saturated carbocycles. The number of ether oxygens (including phenoxy) is 1. The number of pyridine rings is 1. The number of aromatic nitrogens is 3. The smallest absolute Gasteiger partial charge is 0.149 e. The summed E-state index contributed by atoms with van der Waals surface area (Å²) in [5, 5.41) is 0. The number of H-pyrrole nitrogens is 1. The van der Waals surface area contributed by atoms with Gasteiger partial charge in [-0.15, -0.1) is 0 Å². The van der Waals surface area contributed by atoms with Gasteiger partial charge in [0.1, 0.15) is 17.2 Å². The number of fused-ring (bicyclic) bond motifs is 1. The van der Waals surface area contributed by atoms with Gasteiger partial charge in [0.2, 0.25) is 0 Å². The fourth-order valence-corrected chi connectivity index (χ4v) is 1.69. The van der Waals surface area contributed by atoms with Crippen LogP contribution in [-0.4, -0.2) is 28.7 Å². The van der Waals surface area contributed by atoms with Gasteiger partial charge in [0.15, 0.2) is 0 Å². The van der Waals surface area contributed by atoms with Crippen molar-refractivity contribution >= 4 is 16.9 Å². The van der Waals surface area contributed by atoms with E-state index in [1.54, 1.807) is 7.11 Å². The monoisotopic (exact) mass is 220 g/mol. The number of nitrogen functional groups attached to an aromatic ring is 1. The minimum absolute atomic E-state index is 0.509. The number of aromatic amines is 1. The standard InChI is InChI=1S/C11H16N4O/c1-6-7(2)13-11(12)10-9(6)14-8(15-10)4-5-16-3/h4-5H2,1-3H3,(H2,12,13)(H,14,15). The molecule has 0 fully saturated rings. The Morgan fingerprint density at radius 2 is 2.06 bits per heavy atom. The summed E-state index contributed by atoms with van der Waals surface area (Å²) >= 11 is 0. The third-order valence-corrected chi connectivity index (χ3v) is 2.74. The Labute approximate surface area is 94.0 Å². The second-order valence-corrected chi connectivity index (χ2v) is 3.86. The molecule has 2 aromatic heterocycles. The largest absolute Gasteiger partial charge is 0.384 e. The lowest BCUT2D eigenvalue weighted by Crippen LogP contribution is -1.96. The van der Waals surface area contributed by atoms with Gasteiger partial charge in [-0.2, -0.15) is 0 Å². The highest BCUT2D eigenvalue weighted by atomic mass is 16.5. The van der Waals surface area contributed by atoms with E-state index < -0.39 is 0 Å². The van der Waals surface area contributed by atoms with Gasteiger partial charge in [-0.25, -0.2) is 9.97 Å². The molecule has 16 heavy (non-hydrogen) atoms. The second-order valence-electron chi connectivity index (χ2n) is 3.86. The Balaban J connectivity index is 2.52. The minimum atomic E-state index is 0.509. The third kappa shape index (κ3) is 1.74. The minimum Gasteiger partial charge on any atom is -0.384 e. The second kappa shape index (κ2) is 4.09. The Morgan fingerprint density at radius 1 is 1.31 bits per heavy atom. The van der Waals surface area contributed by atoms with Crippen LogP contribution in [0.4, 0.5) is 5.82 Å². The van der Waals surface area contributed by atoms with Gasteiger partial charge in [-0.1, -0.05) is 0 Å². The summed E-state index contributed by atoms with van der Waals surface area (Å²) < 4.78 is 5.02. The van der Waals surface area contributed by atoms with Crippen molar-refractivity contribution in [2.75, 3.05) is 19.5 Å². The maximum absolute atomic E-state index is 5.85. The number of nitrogens with zero attached hydrogens (tertiary/aromatic N) is 2. The predicted molar refractivity (Wildman–Crippen MR) is 63.4 cm³/mol. The molecule has 0 atom stereocenters. The highest BCUT2D eigenvalue weighted by molar-refractivity contribution is 5.87. The van der Waals surface area contributed by atoms with Crippen molar-refractivity contribution in [2.24, 2.45) is 0 Å². The van der Waals surface area contributed by atoms with Gasteiger partial charge in [0.05, 0.1) is 12.1 Å². The van der Waals surface area contributed by atoms with E-state index in [2.05, 4.69) is 15.0 Å². The lowest BCUT2D eigenvalue weighted by molar-refractivity contribution is 0.201. The fraction of sp³-hybridized carbons (Fsp3) is 0.455. The van der Waals surface area contributed by atoms with E-state index in [4.69, 9.17) is 10.5 Å². The SMILES string of the molecule is COCCc1nc2c(C)c(C)nc(N)c2[nH]1. The van der Waals surface area contributed by atoms with Gasteiger partial charge < -0.3 is 15.5 Å². The summed E-state index contributed by atoms with van der Waals surface area (Å²) in [5.74, 6) is 1.40. The number of nitrogens with one attached hydrogen (secondary N) is 1. The summed E-state index contributed by atoms with van der Waals surface area (Å²) in [7, 11) is 1.67. The summed E-state index contributed by atoms with van der Waals surface area (Å²) in [5.41, 5.74) is 9.59. The van der Waals surface area contributed by atoms with Crippen LogP contribution < -0.4 is 5.73 Å². The molecule has 2 aromatic rings. The molecule has 0 spiro atoms. The quantitative estimate of drug-likeness (QED) is 0.818. The first-order chi connectivity index (χ1) is 7.63. The molecule has 0 aliphatic heterocycles. The van der Waals surface area contributed by atoms with Crippen molar-refractivity contribution in [1.82, 2.24) is 15.0 Å². The molecule has 0 amide bonds. The van der Waals surface area contributed by atoms with Crippen LogP contribution in [0.3, 0.4) is 0 Å². The van der Waals surface area contributed by atoms with Gasteiger partial charge >= 0.3 is 0 Å². The van der Waals surface area contributed by atoms with Crippen molar-refractivity contribution in [3.8, 4) is 0 Å². The zero-order chi connectivity index (χ0) is 11.7. The van der Waals surface area contributed by atoms with Gasteiger partial charge in [-0.05, 0) is 19.4 Å². The lowest BCUT2D eigenvalue weighted by Gasteiger charge is -2.01. The van der Waals surface area contributed by atoms with E-state index in [-0.39, 0.29) is 0 Å². The number of nitrogens with two attached hydrogens (primary N) is 1. The van der Waals surface area contributed by atoms with Gasteiger partial charge in [0, 0.05) is 19.2 Å². The number of imidazole rings is 1. The molecule has 5 heteroatoms. The Bertz CT molecular complexity index is 518. The maximum atomic E-state index is 5.85. The average molecular weight is 220 g/mol. The van der Waals surface area contributed by atoms with Crippen molar-refractivity contribution in [3.05, 3.63) is 17.1 Å². The van der Waals surface area contributed by atoms with E-state index >= 15 is 0 Å². The number of hydrogen-bond acceptors (Lipinski definition) is 4. The number of methoxy groups -OCH3 is 1. The van der Waals surface area contributed by atoms with E-state index in [0.29, 0.717) is 12.4 Å². The average Bonchev–Trinajstić information content (AvgIpc) is 2.68. The highest BCUT2D eigenvalue weighted by Crippen LogP contribution is 2.22. The van der Waals surface area contributed by atoms with Crippen molar-refractivity contribution < 1.29 is 4.74 Å². The van der Waals surface area contributed by atoms with Crippen LogP contribution in [0.15, 0.2) is 0 Å². The first kappa shape index (κ1) is 10.9. The molecule has 0 aromatic carbocycles. The Hall–Kier alpha value is -1.62. The maximum Gasteiger partial charge on any atom is 0.149 e. The molecule has 0 unspecified atom stereocenters. The number of rotatable bonds is 3. The molecular weight excluding hydrogens is 204 g/mol. The predicted octanol–water partition coefficient (Wildman–Crippen LogP) is 1.35. The molecule has 0 saturated heterocycles. The van der Waals surface area contributed by atoms with Crippen molar-refractivity contribution in [2.45, 2.75) is 20.3 Å². The number of anilines is 1. The molecule has 2 heterocycles. The van der Waals surface area contributed by atoms with Crippen LogP contribution in [-0.2, 0) is 11.2 Å². The fourth-order valence-electron chi connectivity index (χ4n) is 1.69. The van der Waals surface area contributed by atoms with Gasteiger partial charge in [0.25, 0.3) is 0 Å².